The lowest BCUT2D eigenvalue weighted by atomic mass is 9.82. The summed E-state index contributed by atoms with van der Waals surface area (Å²) in [6.07, 6.45) is 6.13. The first-order valence-corrected chi connectivity index (χ1v) is 6.04. The van der Waals surface area contributed by atoms with Crippen molar-refractivity contribution in [3.05, 3.63) is 0 Å². The molecule has 2 fully saturated rings. The van der Waals surface area contributed by atoms with Crippen molar-refractivity contribution in [1.29, 1.82) is 0 Å². The fourth-order valence-corrected chi connectivity index (χ4v) is 2.62. The van der Waals surface area contributed by atoms with Crippen molar-refractivity contribution >= 4 is 15.9 Å². The Kier molecular flexibility index (Phi) is 2.48. The minimum atomic E-state index is 0.561. The van der Waals surface area contributed by atoms with Gasteiger partial charge in [-0.05, 0) is 37.0 Å². The molecule has 1 saturated heterocycles. The molecule has 1 aliphatic heterocycles. The van der Waals surface area contributed by atoms with Crippen molar-refractivity contribution < 1.29 is 4.74 Å². The van der Waals surface area contributed by atoms with Gasteiger partial charge in [0.25, 0.3) is 0 Å². The van der Waals surface area contributed by atoms with Crippen LogP contribution in [-0.2, 0) is 4.74 Å². The highest BCUT2D eigenvalue weighted by molar-refractivity contribution is 9.09. The number of epoxide rings is 1. The molecule has 2 unspecified atom stereocenters. The van der Waals surface area contributed by atoms with Gasteiger partial charge in [0, 0.05) is 5.33 Å². The van der Waals surface area contributed by atoms with Gasteiger partial charge in [-0.25, -0.2) is 0 Å². The zero-order chi connectivity index (χ0) is 8.60. The Balaban J connectivity index is 1.78. The van der Waals surface area contributed by atoms with E-state index in [-0.39, 0.29) is 0 Å². The number of hydrogen-bond donors (Lipinski definition) is 0. The second-order valence-electron chi connectivity index (χ2n) is 4.56. The summed E-state index contributed by atoms with van der Waals surface area (Å²) in [6.45, 7) is 3.44. The summed E-state index contributed by atoms with van der Waals surface area (Å²) < 4.78 is 5.23. The summed E-state index contributed by atoms with van der Waals surface area (Å²) >= 11 is 3.64. The Bertz CT molecular complexity index is 163. The first-order valence-electron chi connectivity index (χ1n) is 4.92. The van der Waals surface area contributed by atoms with Crippen molar-refractivity contribution in [2.45, 2.75) is 38.7 Å². The Labute approximate surface area is 83.0 Å². The molecule has 0 aromatic heterocycles. The summed E-state index contributed by atoms with van der Waals surface area (Å²) in [5, 5.41) is 1.16. The summed E-state index contributed by atoms with van der Waals surface area (Å²) in [4.78, 5) is 0. The van der Waals surface area contributed by atoms with Gasteiger partial charge < -0.3 is 4.74 Å². The van der Waals surface area contributed by atoms with E-state index >= 15 is 0 Å². The molecule has 70 valence electrons. The second-order valence-corrected chi connectivity index (χ2v) is 5.12. The average Bonchev–Trinajstić information content (AvgIpc) is 2.88. The van der Waals surface area contributed by atoms with Crippen LogP contribution in [0.15, 0.2) is 0 Å². The minimum Gasteiger partial charge on any atom is -0.373 e. The zero-order valence-electron chi connectivity index (χ0n) is 7.68. The largest absolute Gasteiger partial charge is 0.373 e. The topological polar surface area (TPSA) is 12.5 Å². The van der Waals surface area contributed by atoms with E-state index in [0.29, 0.717) is 11.5 Å². The van der Waals surface area contributed by atoms with E-state index < -0.39 is 0 Å². The molecule has 0 amide bonds. The maximum absolute atomic E-state index is 5.23. The molecular weight excluding hydrogens is 216 g/mol. The molecule has 1 saturated carbocycles. The molecule has 0 aromatic rings. The van der Waals surface area contributed by atoms with E-state index in [1.54, 1.807) is 0 Å². The van der Waals surface area contributed by atoms with Crippen LogP contribution in [0.2, 0.25) is 0 Å². The van der Waals surface area contributed by atoms with Crippen LogP contribution in [0, 0.1) is 11.3 Å². The van der Waals surface area contributed by atoms with Crippen molar-refractivity contribution in [2.75, 3.05) is 11.9 Å². The third kappa shape index (κ3) is 2.02. The van der Waals surface area contributed by atoms with Crippen molar-refractivity contribution in [3.8, 4) is 0 Å². The van der Waals surface area contributed by atoms with E-state index in [0.717, 1.165) is 17.9 Å². The molecule has 2 aliphatic rings. The van der Waals surface area contributed by atoms with Crippen LogP contribution >= 0.6 is 15.9 Å². The monoisotopic (exact) mass is 232 g/mol. The van der Waals surface area contributed by atoms with Crippen LogP contribution in [0.25, 0.3) is 0 Å². The first-order chi connectivity index (χ1) is 5.74. The SMILES string of the molecule is CC(CBr)(CCC1CO1)C1CC1. The molecule has 1 heterocycles. The molecule has 2 atom stereocenters. The zero-order valence-corrected chi connectivity index (χ0v) is 9.27. The highest BCUT2D eigenvalue weighted by atomic mass is 79.9. The molecule has 0 radical (unpaired) electrons. The van der Waals surface area contributed by atoms with Crippen LogP contribution in [-0.4, -0.2) is 18.0 Å². The Morgan fingerprint density at radius 3 is 2.58 bits per heavy atom. The Morgan fingerprint density at radius 2 is 2.17 bits per heavy atom. The number of rotatable bonds is 5. The standard InChI is InChI=1S/C10H17BrO/c1-10(7-11,8-2-3-8)5-4-9-6-12-9/h8-9H,2-7H2,1H3. The van der Waals surface area contributed by atoms with Gasteiger partial charge in [-0.15, -0.1) is 0 Å². The number of ether oxygens (including phenoxy) is 1. The third-order valence-electron chi connectivity index (χ3n) is 3.31. The summed E-state index contributed by atoms with van der Waals surface area (Å²) in [6, 6.07) is 0. The maximum Gasteiger partial charge on any atom is 0.0810 e. The van der Waals surface area contributed by atoms with E-state index in [1.165, 1.54) is 25.7 Å². The lowest BCUT2D eigenvalue weighted by Crippen LogP contribution is -2.21. The smallest absolute Gasteiger partial charge is 0.0810 e. The van der Waals surface area contributed by atoms with E-state index in [2.05, 4.69) is 22.9 Å². The van der Waals surface area contributed by atoms with Crippen molar-refractivity contribution in [1.82, 2.24) is 0 Å². The quantitative estimate of drug-likeness (QED) is 0.525. The van der Waals surface area contributed by atoms with Crippen LogP contribution < -0.4 is 0 Å². The molecule has 0 bridgehead atoms. The van der Waals surface area contributed by atoms with Crippen molar-refractivity contribution in [3.63, 3.8) is 0 Å². The highest BCUT2D eigenvalue weighted by Crippen LogP contribution is 2.49. The number of hydrogen-bond acceptors (Lipinski definition) is 1. The van der Waals surface area contributed by atoms with Gasteiger partial charge in [0.1, 0.15) is 0 Å². The normalized spacial score (nSPS) is 33.0. The Hall–Kier alpha value is 0.440. The molecule has 2 rings (SSSR count). The molecule has 12 heavy (non-hydrogen) atoms. The lowest BCUT2D eigenvalue weighted by Gasteiger charge is -2.26. The fourth-order valence-electron chi connectivity index (χ4n) is 1.89. The van der Waals surface area contributed by atoms with Crippen LogP contribution in [0.4, 0.5) is 0 Å². The summed E-state index contributed by atoms with van der Waals surface area (Å²) in [5.41, 5.74) is 0.561. The van der Waals surface area contributed by atoms with E-state index in [4.69, 9.17) is 4.74 Å². The number of halogens is 1. The highest BCUT2D eigenvalue weighted by Gasteiger charge is 2.41. The number of alkyl halides is 1. The van der Waals surface area contributed by atoms with Gasteiger partial charge in [0.2, 0.25) is 0 Å². The second kappa shape index (κ2) is 3.30. The van der Waals surface area contributed by atoms with Crippen LogP contribution in [0.1, 0.15) is 32.6 Å². The average molecular weight is 233 g/mol. The molecule has 2 heteroatoms. The minimum absolute atomic E-state index is 0.561. The van der Waals surface area contributed by atoms with Crippen molar-refractivity contribution in [2.24, 2.45) is 11.3 Å². The molecule has 0 aromatic carbocycles. The van der Waals surface area contributed by atoms with E-state index in [1.807, 2.05) is 0 Å². The molecule has 1 nitrogen and oxygen atoms in total. The van der Waals surface area contributed by atoms with Gasteiger partial charge in [0.05, 0.1) is 12.7 Å². The molecule has 0 N–H and O–H groups in total. The lowest BCUT2D eigenvalue weighted by molar-refractivity contribution is 0.266. The van der Waals surface area contributed by atoms with E-state index in [9.17, 15) is 0 Å². The van der Waals surface area contributed by atoms with Gasteiger partial charge in [-0.1, -0.05) is 22.9 Å². The van der Waals surface area contributed by atoms with Gasteiger partial charge in [-0.2, -0.15) is 0 Å². The van der Waals surface area contributed by atoms with Gasteiger partial charge in [-0.3, -0.25) is 0 Å². The van der Waals surface area contributed by atoms with Gasteiger partial charge in [0.15, 0.2) is 0 Å². The van der Waals surface area contributed by atoms with Gasteiger partial charge >= 0.3 is 0 Å². The molecule has 1 aliphatic carbocycles. The van der Waals surface area contributed by atoms with Crippen LogP contribution in [0.3, 0.4) is 0 Å². The first kappa shape index (κ1) is 9.01. The summed E-state index contributed by atoms with van der Waals surface area (Å²) in [7, 11) is 0. The predicted molar refractivity (Wildman–Crippen MR) is 53.6 cm³/mol. The molecule has 0 spiro atoms. The molecular formula is C10H17BrO. The van der Waals surface area contributed by atoms with Crippen LogP contribution in [0.5, 0.6) is 0 Å². The fraction of sp³-hybridized carbons (Fsp3) is 1.00. The third-order valence-corrected chi connectivity index (χ3v) is 4.59. The predicted octanol–water partition coefficient (Wildman–Crippen LogP) is 2.98. The summed E-state index contributed by atoms with van der Waals surface area (Å²) in [5.74, 6) is 0.996. The Morgan fingerprint density at radius 1 is 1.50 bits per heavy atom. The maximum atomic E-state index is 5.23.